The summed E-state index contributed by atoms with van der Waals surface area (Å²) in [7, 11) is -3.87. The van der Waals surface area contributed by atoms with E-state index in [-0.39, 0.29) is 10.6 Å². The maximum Gasteiger partial charge on any atom is 0.248 e. The van der Waals surface area contributed by atoms with Crippen molar-refractivity contribution in [2.75, 3.05) is 5.32 Å². The first-order valence-corrected chi connectivity index (χ1v) is 8.04. The number of anilines is 1. The molecule has 20 heavy (non-hydrogen) atoms. The van der Waals surface area contributed by atoms with Crippen LogP contribution in [-0.2, 0) is 14.8 Å². The average Bonchev–Trinajstić information content (AvgIpc) is 2.89. The first-order valence-electron chi connectivity index (χ1n) is 5.61. The standard InChI is InChI=1S/C13H12N2O3S2/c14-20(17,18)12-6-2-1-5-11(12)15-13(16)8-7-10-4-3-9-19-10/h1-9H,(H,15,16)(H2,14,17,18)/b8-7+. The minimum Gasteiger partial charge on any atom is -0.321 e. The molecule has 0 aliphatic carbocycles. The first kappa shape index (κ1) is 14.4. The van der Waals surface area contributed by atoms with Crippen molar-refractivity contribution in [1.82, 2.24) is 0 Å². The van der Waals surface area contributed by atoms with Crippen molar-refractivity contribution in [3.63, 3.8) is 0 Å². The second-order valence-electron chi connectivity index (χ2n) is 3.88. The fraction of sp³-hybridized carbons (Fsp3) is 0. The molecule has 3 N–H and O–H groups in total. The van der Waals surface area contributed by atoms with Crippen LogP contribution in [0.15, 0.2) is 52.7 Å². The Morgan fingerprint density at radius 1 is 1.20 bits per heavy atom. The predicted octanol–water partition coefficient (Wildman–Crippen LogP) is 2.05. The summed E-state index contributed by atoms with van der Waals surface area (Å²) in [6.45, 7) is 0. The van der Waals surface area contributed by atoms with Crippen LogP contribution in [0.2, 0.25) is 0 Å². The smallest absolute Gasteiger partial charge is 0.248 e. The third kappa shape index (κ3) is 3.77. The molecule has 0 aliphatic rings. The number of nitrogens with one attached hydrogen (secondary N) is 1. The molecule has 7 heteroatoms. The van der Waals surface area contributed by atoms with E-state index in [1.165, 1.54) is 35.6 Å². The number of benzene rings is 1. The number of thiophene rings is 1. The summed E-state index contributed by atoms with van der Waals surface area (Å²) >= 11 is 1.50. The highest BCUT2D eigenvalue weighted by Gasteiger charge is 2.13. The van der Waals surface area contributed by atoms with Gasteiger partial charge in [0, 0.05) is 11.0 Å². The zero-order chi connectivity index (χ0) is 14.6. The largest absolute Gasteiger partial charge is 0.321 e. The second-order valence-corrected chi connectivity index (χ2v) is 6.39. The van der Waals surface area contributed by atoms with E-state index in [9.17, 15) is 13.2 Å². The van der Waals surface area contributed by atoms with Crippen LogP contribution < -0.4 is 10.5 Å². The van der Waals surface area contributed by atoms with Gasteiger partial charge in [-0.25, -0.2) is 13.6 Å². The predicted molar refractivity (Wildman–Crippen MR) is 79.8 cm³/mol. The summed E-state index contributed by atoms with van der Waals surface area (Å²) in [6, 6.07) is 9.72. The Labute approximate surface area is 120 Å². The van der Waals surface area contributed by atoms with Crippen LogP contribution >= 0.6 is 11.3 Å². The average molecular weight is 308 g/mol. The van der Waals surface area contributed by atoms with E-state index in [1.807, 2.05) is 17.5 Å². The van der Waals surface area contributed by atoms with Crippen LogP contribution in [0.3, 0.4) is 0 Å². The van der Waals surface area contributed by atoms with Crippen molar-refractivity contribution in [3.05, 3.63) is 52.7 Å². The number of rotatable bonds is 4. The molecule has 0 fully saturated rings. The Morgan fingerprint density at radius 2 is 1.95 bits per heavy atom. The fourth-order valence-corrected chi connectivity index (χ4v) is 2.85. The van der Waals surface area contributed by atoms with Gasteiger partial charge in [0.05, 0.1) is 5.69 Å². The van der Waals surface area contributed by atoms with Gasteiger partial charge in [0.1, 0.15) is 4.90 Å². The lowest BCUT2D eigenvalue weighted by Crippen LogP contribution is -2.17. The van der Waals surface area contributed by atoms with Crippen molar-refractivity contribution in [2.24, 2.45) is 5.14 Å². The Bertz CT molecular complexity index is 735. The fourth-order valence-electron chi connectivity index (χ4n) is 1.54. The number of primary sulfonamides is 1. The van der Waals surface area contributed by atoms with Gasteiger partial charge in [-0.15, -0.1) is 11.3 Å². The van der Waals surface area contributed by atoms with Gasteiger partial charge in [0.25, 0.3) is 0 Å². The topological polar surface area (TPSA) is 89.3 Å². The van der Waals surface area contributed by atoms with Gasteiger partial charge in [-0.2, -0.15) is 0 Å². The Balaban J connectivity index is 2.17. The minimum atomic E-state index is -3.87. The van der Waals surface area contributed by atoms with Gasteiger partial charge >= 0.3 is 0 Å². The summed E-state index contributed by atoms with van der Waals surface area (Å²) in [5.41, 5.74) is 0.163. The Kier molecular flexibility index (Phi) is 4.33. The maximum atomic E-state index is 11.8. The van der Waals surface area contributed by atoms with Gasteiger partial charge in [-0.1, -0.05) is 18.2 Å². The molecule has 0 atom stereocenters. The highest BCUT2D eigenvalue weighted by molar-refractivity contribution is 7.89. The number of hydrogen-bond donors (Lipinski definition) is 2. The molecule has 1 heterocycles. The van der Waals surface area contributed by atoms with Crippen molar-refractivity contribution < 1.29 is 13.2 Å². The van der Waals surface area contributed by atoms with E-state index in [0.717, 1.165) is 4.88 Å². The summed E-state index contributed by atoms with van der Waals surface area (Å²) in [5, 5.41) is 9.48. The molecular weight excluding hydrogens is 296 g/mol. The van der Waals surface area contributed by atoms with Gasteiger partial charge in [-0.3, -0.25) is 4.79 Å². The van der Waals surface area contributed by atoms with Crippen molar-refractivity contribution >= 4 is 39.0 Å². The summed E-state index contributed by atoms with van der Waals surface area (Å²) < 4.78 is 22.8. The third-order valence-electron chi connectivity index (χ3n) is 2.39. The van der Waals surface area contributed by atoms with Crippen LogP contribution in [0, 0.1) is 0 Å². The van der Waals surface area contributed by atoms with Crippen LogP contribution in [-0.4, -0.2) is 14.3 Å². The van der Waals surface area contributed by atoms with E-state index in [4.69, 9.17) is 5.14 Å². The molecule has 0 spiro atoms. The number of hydrogen-bond acceptors (Lipinski definition) is 4. The molecule has 104 valence electrons. The molecule has 0 unspecified atom stereocenters. The molecular formula is C13H12N2O3S2. The number of nitrogens with two attached hydrogens (primary N) is 1. The molecule has 0 saturated carbocycles. The highest BCUT2D eigenvalue weighted by atomic mass is 32.2. The number of para-hydroxylation sites is 1. The van der Waals surface area contributed by atoms with Crippen LogP contribution in [0.5, 0.6) is 0 Å². The summed E-state index contributed by atoms with van der Waals surface area (Å²) in [5.74, 6) is -0.422. The minimum absolute atomic E-state index is 0.113. The van der Waals surface area contributed by atoms with E-state index in [2.05, 4.69) is 5.32 Å². The van der Waals surface area contributed by atoms with Gasteiger partial charge in [-0.05, 0) is 29.7 Å². The van der Waals surface area contributed by atoms with Crippen molar-refractivity contribution in [1.29, 1.82) is 0 Å². The monoisotopic (exact) mass is 308 g/mol. The van der Waals surface area contributed by atoms with E-state index < -0.39 is 15.9 Å². The lowest BCUT2D eigenvalue weighted by molar-refractivity contribution is -0.111. The normalized spacial score (nSPS) is 11.7. The molecule has 0 bridgehead atoms. The molecule has 2 rings (SSSR count). The van der Waals surface area contributed by atoms with Crippen molar-refractivity contribution in [3.8, 4) is 0 Å². The van der Waals surface area contributed by atoms with Gasteiger partial charge < -0.3 is 5.32 Å². The summed E-state index contributed by atoms with van der Waals surface area (Å²) in [6.07, 6.45) is 2.99. The lowest BCUT2D eigenvalue weighted by atomic mass is 10.3. The molecule has 0 radical (unpaired) electrons. The molecule has 1 aromatic carbocycles. The lowest BCUT2D eigenvalue weighted by Gasteiger charge is -2.07. The molecule has 0 saturated heterocycles. The SMILES string of the molecule is NS(=O)(=O)c1ccccc1NC(=O)/C=C/c1cccs1. The Hall–Kier alpha value is -1.96. The Morgan fingerprint density at radius 3 is 2.60 bits per heavy atom. The van der Waals surface area contributed by atoms with E-state index >= 15 is 0 Å². The van der Waals surface area contributed by atoms with Crippen LogP contribution in [0.25, 0.3) is 6.08 Å². The molecule has 0 aliphatic heterocycles. The highest BCUT2D eigenvalue weighted by Crippen LogP contribution is 2.19. The number of carbonyl (C=O) groups excluding carboxylic acids is 1. The maximum absolute atomic E-state index is 11.8. The van der Waals surface area contributed by atoms with Crippen molar-refractivity contribution in [2.45, 2.75) is 4.90 Å². The van der Waals surface area contributed by atoms with Gasteiger partial charge in [0.2, 0.25) is 15.9 Å². The second kappa shape index (κ2) is 6.00. The molecule has 1 aromatic heterocycles. The quantitative estimate of drug-likeness (QED) is 0.847. The first-order chi connectivity index (χ1) is 9.47. The number of carbonyl (C=O) groups is 1. The van der Waals surface area contributed by atoms with Crippen LogP contribution in [0.4, 0.5) is 5.69 Å². The zero-order valence-corrected chi connectivity index (χ0v) is 11.9. The molecule has 1 amide bonds. The third-order valence-corrected chi connectivity index (χ3v) is 4.20. The van der Waals surface area contributed by atoms with Gasteiger partial charge in [0.15, 0.2) is 0 Å². The summed E-state index contributed by atoms with van der Waals surface area (Å²) in [4.78, 5) is 12.6. The number of sulfonamides is 1. The zero-order valence-electron chi connectivity index (χ0n) is 10.3. The molecule has 2 aromatic rings. The van der Waals surface area contributed by atoms with E-state index in [0.29, 0.717) is 0 Å². The number of amides is 1. The van der Waals surface area contributed by atoms with E-state index in [1.54, 1.807) is 12.1 Å². The molecule has 5 nitrogen and oxygen atoms in total. The van der Waals surface area contributed by atoms with Crippen LogP contribution in [0.1, 0.15) is 4.88 Å².